The Labute approximate surface area is 133 Å². The van der Waals surface area contributed by atoms with Crippen LogP contribution in [0, 0.1) is 0 Å². The average Bonchev–Trinajstić information content (AvgIpc) is 3.20. The first kappa shape index (κ1) is 15.6. The molecule has 2 aromatic rings. The Bertz CT molecular complexity index is 684. The lowest BCUT2D eigenvalue weighted by atomic mass is 10.7. The molecule has 128 valence electrons. The Hall–Kier alpha value is -3.24. The van der Waals surface area contributed by atoms with Crippen molar-refractivity contribution in [3.8, 4) is 0 Å². The SMILES string of the molecule is OCCN1N=C(Nc2nnc(Nc3nnn(CCO)n3)nn2)NN1. The minimum Gasteiger partial charge on any atom is -0.394 e. The fraction of sp³-hybridized carbons (Fsp3) is 0.500. The number of aliphatic hydroxyl groups excluding tert-OH is 2. The van der Waals surface area contributed by atoms with Crippen molar-refractivity contribution in [1.29, 1.82) is 0 Å². The van der Waals surface area contributed by atoms with Gasteiger partial charge in [-0.25, -0.2) is 5.12 Å². The highest BCUT2D eigenvalue weighted by Gasteiger charge is 2.14. The topological polar surface area (TPSA) is 199 Å². The molecule has 1 aliphatic heterocycles. The van der Waals surface area contributed by atoms with Crippen LogP contribution < -0.4 is 21.6 Å². The summed E-state index contributed by atoms with van der Waals surface area (Å²) in [6.07, 6.45) is 0. The summed E-state index contributed by atoms with van der Waals surface area (Å²) in [6.45, 7) is 0.383. The van der Waals surface area contributed by atoms with Gasteiger partial charge in [-0.2, -0.15) is 4.80 Å². The number of aliphatic hydroxyl groups is 2. The molecule has 1 aliphatic rings. The maximum absolute atomic E-state index is 8.81. The second-order valence-corrected chi connectivity index (χ2v) is 4.26. The fourth-order valence-corrected chi connectivity index (χ4v) is 1.56. The van der Waals surface area contributed by atoms with Gasteiger partial charge in [0.1, 0.15) is 0 Å². The van der Waals surface area contributed by atoms with Crippen molar-refractivity contribution in [2.45, 2.75) is 6.54 Å². The number of hydrazone groups is 1. The summed E-state index contributed by atoms with van der Waals surface area (Å²) < 4.78 is 0. The van der Waals surface area contributed by atoms with E-state index in [0.29, 0.717) is 12.5 Å². The quantitative estimate of drug-likeness (QED) is 0.285. The van der Waals surface area contributed by atoms with Gasteiger partial charge in [-0.05, 0) is 5.21 Å². The van der Waals surface area contributed by atoms with Crippen molar-refractivity contribution in [3.05, 3.63) is 0 Å². The number of hydrogen-bond donors (Lipinski definition) is 6. The van der Waals surface area contributed by atoms with Crippen molar-refractivity contribution in [1.82, 2.24) is 56.7 Å². The van der Waals surface area contributed by atoms with E-state index in [1.54, 1.807) is 0 Å². The molecule has 0 spiro atoms. The third-order valence-electron chi connectivity index (χ3n) is 2.52. The Morgan fingerprint density at radius 1 is 0.875 bits per heavy atom. The molecule has 0 amide bonds. The first-order chi connectivity index (χ1) is 11.8. The molecule has 16 heteroatoms. The van der Waals surface area contributed by atoms with Crippen molar-refractivity contribution in [2.75, 3.05) is 30.4 Å². The number of hydrogen-bond acceptors (Lipinski definition) is 15. The molecule has 6 N–H and O–H groups in total. The summed E-state index contributed by atoms with van der Waals surface area (Å²) in [5, 5.41) is 55.0. The molecule has 0 bridgehead atoms. The van der Waals surface area contributed by atoms with E-state index < -0.39 is 0 Å². The highest BCUT2D eigenvalue weighted by atomic mass is 16.3. The van der Waals surface area contributed by atoms with Crippen LogP contribution in [-0.4, -0.2) is 81.7 Å². The number of nitrogens with zero attached hydrogens (tertiary/aromatic N) is 10. The van der Waals surface area contributed by atoms with Crippen LogP contribution in [0.1, 0.15) is 0 Å². The molecule has 2 aromatic heterocycles. The van der Waals surface area contributed by atoms with E-state index >= 15 is 0 Å². The number of β-amino-alcohol motifs (C(OH)–C–C–N with tert-alkyl or cyclic N) is 1. The van der Waals surface area contributed by atoms with Crippen molar-refractivity contribution >= 4 is 23.8 Å². The molecule has 0 unspecified atom stereocenters. The summed E-state index contributed by atoms with van der Waals surface area (Å²) in [4.78, 5) is 1.22. The van der Waals surface area contributed by atoms with Crippen molar-refractivity contribution in [2.24, 2.45) is 5.10 Å². The molecule has 24 heavy (non-hydrogen) atoms. The molecule has 16 nitrogen and oxygen atoms in total. The molecule has 3 rings (SSSR count). The zero-order valence-electron chi connectivity index (χ0n) is 12.2. The fourth-order valence-electron chi connectivity index (χ4n) is 1.56. The minimum atomic E-state index is -0.0989. The lowest BCUT2D eigenvalue weighted by Crippen LogP contribution is -2.41. The summed E-state index contributed by atoms with van der Waals surface area (Å²) in [5.74, 6) is 0.654. The van der Waals surface area contributed by atoms with Gasteiger partial charge in [-0.15, -0.1) is 36.1 Å². The number of guanidine groups is 1. The van der Waals surface area contributed by atoms with Crippen LogP contribution in [0.2, 0.25) is 0 Å². The Morgan fingerprint density at radius 3 is 2.29 bits per heavy atom. The first-order valence-corrected chi connectivity index (χ1v) is 6.75. The molecule has 0 radical (unpaired) electrons. The third-order valence-corrected chi connectivity index (χ3v) is 2.52. The summed E-state index contributed by atoms with van der Waals surface area (Å²) in [7, 11) is 0. The van der Waals surface area contributed by atoms with E-state index in [4.69, 9.17) is 10.2 Å². The highest BCUT2D eigenvalue weighted by molar-refractivity contribution is 5.91. The van der Waals surface area contributed by atoms with E-state index in [-0.39, 0.29) is 37.6 Å². The predicted octanol–water partition coefficient (Wildman–Crippen LogP) is -4.01. The van der Waals surface area contributed by atoms with Gasteiger partial charge < -0.3 is 10.2 Å². The normalized spacial score (nSPS) is 13.6. The molecule has 0 aromatic carbocycles. The zero-order chi connectivity index (χ0) is 16.8. The summed E-state index contributed by atoms with van der Waals surface area (Å²) in [6, 6.07) is 0. The van der Waals surface area contributed by atoms with Gasteiger partial charge in [0.15, 0.2) is 0 Å². The van der Waals surface area contributed by atoms with Gasteiger partial charge in [0.2, 0.25) is 5.96 Å². The van der Waals surface area contributed by atoms with E-state index in [1.807, 2.05) is 0 Å². The first-order valence-electron chi connectivity index (χ1n) is 6.75. The van der Waals surface area contributed by atoms with Crippen molar-refractivity contribution < 1.29 is 10.2 Å². The zero-order valence-corrected chi connectivity index (χ0v) is 12.2. The molecule has 0 saturated heterocycles. The van der Waals surface area contributed by atoms with Gasteiger partial charge >= 0.3 is 0 Å². The third kappa shape index (κ3) is 3.94. The summed E-state index contributed by atoms with van der Waals surface area (Å²) in [5.41, 5.74) is 5.40. The van der Waals surface area contributed by atoms with Crippen LogP contribution in [0.3, 0.4) is 0 Å². The molecule has 0 aliphatic carbocycles. The lowest BCUT2D eigenvalue weighted by molar-refractivity contribution is 0.155. The van der Waals surface area contributed by atoms with Crippen LogP contribution in [0.25, 0.3) is 0 Å². The van der Waals surface area contributed by atoms with E-state index in [9.17, 15) is 0 Å². The molecule has 0 atom stereocenters. The smallest absolute Gasteiger partial charge is 0.270 e. The average molecular weight is 338 g/mol. The van der Waals surface area contributed by atoms with Crippen molar-refractivity contribution in [3.63, 3.8) is 0 Å². The highest BCUT2D eigenvalue weighted by Crippen LogP contribution is 2.04. The number of tetrazole rings is 1. The number of nitrogens with one attached hydrogen (secondary N) is 4. The second-order valence-electron chi connectivity index (χ2n) is 4.26. The van der Waals surface area contributed by atoms with E-state index in [2.05, 4.69) is 62.5 Å². The standard InChI is InChI=1S/C8H14N14O2/c23-3-1-21-17-7(15-19-21)9-5-11-13-6(14-12-5)10-8-16-20-22(18-8)2-4-24/h19,23-24H,1-4H2,(H,10,13,14,18)(H2,9,11,12,15,17). The number of anilines is 3. The monoisotopic (exact) mass is 338 g/mol. The molecular formula is C8H14N14O2. The molecular weight excluding hydrogens is 324 g/mol. The van der Waals surface area contributed by atoms with Gasteiger partial charge in [-0.3, -0.25) is 16.1 Å². The predicted molar refractivity (Wildman–Crippen MR) is 76.9 cm³/mol. The largest absolute Gasteiger partial charge is 0.394 e. The lowest BCUT2D eigenvalue weighted by Gasteiger charge is -2.08. The van der Waals surface area contributed by atoms with Crippen LogP contribution in [-0.2, 0) is 6.54 Å². The van der Waals surface area contributed by atoms with Gasteiger partial charge in [-0.1, -0.05) is 5.10 Å². The maximum Gasteiger partial charge on any atom is 0.270 e. The molecule has 0 saturated carbocycles. The van der Waals surface area contributed by atoms with Crippen LogP contribution in [0.5, 0.6) is 0 Å². The number of aromatic nitrogens is 8. The summed E-state index contributed by atoms with van der Waals surface area (Å²) >= 11 is 0. The molecule has 0 fully saturated rings. The van der Waals surface area contributed by atoms with Crippen LogP contribution in [0.15, 0.2) is 5.10 Å². The Morgan fingerprint density at radius 2 is 1.58 bits per heavy atom. The molecule has 3 heterocycles. The van der Waals surface area contributed by atoms with Gasteiger partial charge in [0.05, 0.1) is 26.3 Å². The van der Waals surface area contributed by atoms with Crippen LogP contribution in [0.4, 0.5) is 17.8 Å². The second kappa shape index (κ2) is 7.35. The maximum atomic E-state index is 8.81. The van der Waals surface area contributed by atoms with Crippen LogP contribution >= 0.6 is 0 Å². The number of rotatable bonds is 7. The van der Waals surface area contributed by atoms with Gasteiger partial charge in [0, 0.05) is 0 Å². The van der Waals surface area contributed by atoms with Gasteiger partial charge in [0.25, 0.3) is 17.8 Å². The number of hydrazine groups is 2. The Balaban J connectivity index is 1.56. The Kier molecular flexibility index (Phi) is 4.79. The minimum absolute atomic E-state index is 0.0532. The van der Waals surface area contributed by atoms with E-state index in [0.717, 1.165) is 0 Å². The van der Waals surface area contributed by atoms with E-state index in [1.165, 1.54) is 9.91 Å².